The minimum Gasteiger partial charge on any atom is -0.496 e. The average Bonchev–Trinajstić information content (AvgIpc) is 3.41. The zero-order valence-electron chi connectivity index (χ0n) is 20.1. The molecule has 186 valence electrons. The van der Waals surface area contributed by atoms with Crippen LogP contribution < -0.4 is 4.74 Å². The van der Waals surface area contributed by atoms with Crippen molar-refractivity contribution in [2.24, 2.45) is 11.0 Å². The van der Waals surface area contributed by atoms with Crippen molar-refractivity contribution in [3.63, 3.8) is 0 Å². The highest BCUT2D eigenvalue weighted by Gasteiger charge is 2.38. The van der Waals surface area contributed by atoms with Gasteiger partial charge < -0.3 is 14.4 Å². The maximum atomic E-state index is 13.7. The Hall–Kier alpha value is -2.75. The van der Waals surface area contributed by atoms with E-state index in [1.807, 2.05) is 41.8 Å². The lowest BCUT2D eigenvalue weighted by Gasteiger charge is -2.31. The first kappa shape index (κ1) is 24.0. The number of benzene rings is 1. The predicted molar refractivity (Wildman–Crippen MR) is 135 cm³/mol. The molecule has 35 heavy (non-hydrogen) atoms. The van der Waals surface area contributed by atoms with E-state index in [4.69, 9.17) is 14.6 Å². The molecule has 8 nitrogen and oxygen atoms in total. The third-order valence-electron chi connectivity index (χ3n) is 6.82. The third-order valence-corrected chi connectivity index (χ3v) is 7.74. The molecule has 1 atom stereocenters. The lowest BCUT2D eigenvalue weighted by molar-refractivity contribution is -0.142. The van der Waals surface area contributed by atoms with Crippen molar-refractivity contribution in [2.75, 3.05) is 53.0 Å². The normalized spacial score (nSPS) is 20.5. The van der Waals surface area contributed by atoms with Crippen molar-refractivity contribution in [2.45, 2.75) is 25.3 Å². The Morgan fingerprint density at radius 1 is 1.17 bits per heavy atom. The van der Waals surface area contributed by atoms with Crippen LogP contribution in [0.3, 0.4) is 0 Å². The van der Waals surface area contributed by atoms with Crippen molar-refractivity contribution in [3.8, 4) is 5.75 Å². The van der Waals surface area contributed by atoms with Crippen molar-refractivity contribution >= 4 is 28.9 Å². The molecule has 5 rings (SSSR count). The number of hydrogen-bond donors (Lipinski definition) is 0. The molecule has 2 fully saturated rings. The van der Waals surface area contributed by atoms with E-state index >= 15 is 0 Å². The van der Waals surface area contributed by atoms with Crippen LogP contribution in [-0.4, -0.2) is 85.4 Å². The summed E-state index contributed by atoms with van der Waals surface area (Å²) in [6, 6.07) is 11.5. The molecule has 3 heterocycles. The number of carbonyl (C=O) groups excluding carboxylic acids is 2. The summed E-state index contributed by atoms with van der Waals surface area (Å²) in [5, 5.41) is 8.37. The van der Waals surface area contributed by atoms with E-state index < -0.39 is 0 Å². The summed E-state index contributed by atoms with van der Waals surface area (Å²) in [5.74, 6) is 0.711. The quantitative estimate of drug-likeness (QED) is 0.534. The van der Waals surface area contributed by atoms with Gasteiger partial charge in [0, 0.05) is 44.1 Å². The van der Waals surface area contributed by atoms with Gasteiger partial charge in [-0.2, -0.15) is 5.10 Å². The van der Waals surface area contributed by atoms with Gasteiger partial charge >= 0.3 is 0 Å². The molecule has 1 aliphatic carbocycles. The lowest BCUT2D eigenvalue weighted by atomic mass is 10.00. The molecule has 2 amide bonds. The number of ether oxygens (including phenoxy) is 2. The number of nitrogens with zero attached hydrogens (tertiary/aromatic N) is 4. The highest BCUT2D eigenvalue weighted by atomic mass is 32.1. The van der Waals surface area contributed by atoms with Crippen LogP contribution in [-0.2, 0) is 14.3 Å². The van der Waals surface area contributed by atoms with Gasteiger partial charge in [0.15, 0.2) is 0 Å². The van der Waals surface area contributed by atoms with Crippen molar-refractivity contribution in [1.29, 1.82) is 0 Å². The molecule has 0 spiro atoms. The molecule has 0 bridgehead atoms. The standard InChI is InChI=1S/C26H32N4O4S/c1-33-23-6-3-2-5-20(23)22-17-21(24-7-4-16-35-24)27-30(22)25(31)18-29(26(32)19-8-9-19)11-10-28-12-14-34-15-13-28/h2-7,16,19,22H,8-15,17-18H2,1H3. The molecule has 1 saturated carbocycles. The lowest BCUT2D eigenvalue weighted by Crippen LogP contribution is -2.47. The third kappa shape index (κ3) is 5.58. The maximum absolute atomic E-state index is 13.7. The molecule has 3 aliphatic rings. The number of hydrogen-bond acceptors (Lipinski definition) is 7. The zero-order chi connectivity index (χ0) is 24.2. The van der Waals surface area contributed by atoms with Crippen LogP contribution in [0.4, 0.5) is 0 Å². The van der Waals surface area contributed by atoms with Gasteiger partial charge in [0.2, 0.25) is 5.91 Å². The van der Waals surface area contributed by atoms with Crippen LogP contribution in [0.1, 0.15) is 35.7 Å². The van der Waals surface area contributed by atoms with E-state index in [1.54, 1.807) is 28.4 Å². The Labute approximate surface area is 210 Å². The van der Waals surface area contributed by atoms with Crippen LogP contribution in [0.15, 0.2) is 46.9 Å². The Morgan fingerprint density at radius 2 is 1.97 bits per heavy atom. The fraction of sp³-hybridized carbons (Fsp3) is 0.500. The van der Waals surface area contributed by atoms with E-state index in [2.05, 4.69) is 4.90 Å². The Kier molecular flexibility index (Phi) is 7.46. The van der Waals surface area contributed by atoms with Gasteiger partial charge in [0.05, 0.1) is 37.0 Å². The number of morpholine rings is 1. The number of carbonyl (C=O) groups is 2. The molecule has 1 unspecified atom stereocenters. The SMILES string of the molecule is COc1ccccc1C1CC(c2cccs2)=NN1C(=O)CN(CCN1CCOCC1)C(=O)C1CC1. The molecule has 1 saturated heterocycles. The summed E-state index contributed by atoms with van der Waals surface area (Å²) >= 11 is 1.62. The van der Waals surface area contributed by atoms with Crippen LogP contribution in [0.5, 0.6) is 5.75 Å². The van der Waals surface area contributed by atoms with Crippen molar-refractivity contribution in [1.82, 2.24) is 14.8 Å². The molecule has 1 aromatic heterocycles. The second-order valence-electron chi connectivity index (χ2n) is 9.21. The van der Waals surface area contributed by atoms with Crippen molar-refractivity contribution in [3.05, 3.63) is 52.2 Å². The number of para-hydroxylation sites is 1. The summed E-state index contributed by atoms with van der Waals surface area (Å²) < 4.78 is 11.1. The fourth-order valence-corrected chi connectivity index (χ4v) is 5.42. The van der Waals surface area contributed by atoms with Gasteiger partial charge in [-0.05, 0) is 30.4 Å². The molecule has 2 aliphatic heterocycles. The first-order chi connectivity index (χ1) is 17.1. The van der Waals surface area contributed by atoms with Crippen LogP contribution in [0.25, 0.3) is 0 Å². The summed E-state index contributed by atoms with van der Waals surface area (Å²) in [5.41, 5.74) is 1.81. The van der Waals surface area contributed by atoms with Crippen molar-refractivity contribution < 1.29 is 19.1 Å². The largest absolute Gasteiger partial charge is 0.496 e. The molecule has 2 aromatic rings. The topological polar surface area (TPSA) is 74.7 Å². The first-order valence-electron chi connectivity index (χ1n) is 12.3. The van der Waals surface area contributed by atoms with Crippen LogP contribution in [0, 0.1) is 5.92 Å². The Bertz CT molecular complexity index is 1060. The van der Waals surface area contributed by atoms with Crippen LogP contribution in [0.2, 0.25) is 0 Å². The second kappa shape index (κ2) is 10.9. The highest BCUT2D eigenvalue weighted by Crippen LogP contribution is 2.38. The molecular formula is C26H32N4O4S. The predicted octanol–water partition coefficient (Wildman–Crippen LogP) is 3.01. The van der Waals surface area contributed by atoms with E-state index in [1.165, 1.54) is 0 Å². The molecular weight excluding hydrogens is 464 g/mol. The van der Waals surface area contributed by atoms with Gasteiger partial charge in [0.25, 0.3) is 5.91 Å². The summed E-state index contributed by atoms with van der Waals surface area (Å²) in [4.78, 5) is 31.9. The molecule has 0 radical (unpaired) electrons. The second-order valence-corrected chi connectivity index (χ2v) is 10.2. The minimum atomic E-state index is -0.270. The van der Waals surface area contributed by atoms with Gasteiger partial charge in [0.1, 0.15) is 12.3 Å². The monoisotopic (exact) mass is 496 g/mol. The van der Waals surface area contributed by atoms with E-state index in [-0.39, 0.29) is 30.3 Å². The average molecular weight is 497 g/mol. The number of hydrazone groups is 1. The maximum Gasteiger partial charge on any atom is 0.262 e. The number of rotatable bonds is 9. The number of thiophene rings is 1. The van der Waals surface area contributed by atoms with Gasteiger partial charge in [-0.25, -0.2) is 5.01 Å². The van der Waals surface area contributed by atoms with E-state index in [9.17, 15) is 9.59 Å². The molecule has 1 aromatic carbocycles. The minimum absolute atomic E-state index is 0.0343. The Morgan fingerprint density at radius 3 is 2.69 bits per heavy atom. The first-order valence-corrected chi connectivity index (χ1v) is 13.2. The summed E-state index contributed by atoms with van der Waals surface area (Å²) in [6.07, 6.45) is 2.43. The van der Waals surface area contributed by atoms with Gasteiger partial charge in [-0.3, -0.25) is 14.5 Å². The van der Waals surface area contributed by atoms with Crippen LogP contribution >= 0.6 is 11.3 Å². The summed E-state index contributed by atoms with van der Waals surface area (Å²) in [7, 11) is 1.64. The fourth-order valence-electron chi connectivity index (χ4n) is 4.69. The summed E-state index contributed by atoms with van der Waals surface area (Å²) in [6.45, 7) is 4.46. The van der Waals surface area contributed by atoms with Gasteiger partial charge in [-0.1, -0.05) is 24.3 Å². The highest BCUT2D eigenvalue weighted by molar-refractivity contribution is 7.12. The Balaban J connectivity index is 1.36. The smallest absolute Gasteiger partial charge is 0.262 e. The number of amides is 2. The number of methoxy groups -OCH3 is 1. The molecule has 9 heteroatoms. The zero-order valence-corrected chi connectivity index (χ0v) is 20.9. The van der Waals surface area contributed by atoms with E-state index in [0.29, 0.717) is 26.2 Å². The van der Waals surface area contributed by atoms with E-state index in [0.717, 1.165) is 54.4 Å². The van der Waals surface area contributed by atoms with Gasteiger partial charge in [-0.15, -0.1) is 11.3 Å². The molecule has 0 N–H and O–H groups in total.